The molecule has 1 amide bonds. The number of aryl methyl sites for hydroxylation is 3. The van der Waals surface area contributed by atoms with Gasteiger partial charge < -0.3 is 9.88 Å². The Balaban J connectivity index is 1.67. The maximum atomic E-state index is 13.1. The van der Waals surface area contributed by atoms with Gasteiger partial charge in [0.05, 0.1) is 0 Å². The van der Waals surface area contributed by atoms with Crippen molar-refractivity contribution < 1.29 is 4.79 Å². The molecular formula is C19H25N3O. The Morgan fingerprint density at radius 1 is 1.17 bits per heavy atom. The summed E-state index contributed by atoms with van der Waals surface area (Å²) in [5.41, 5.74) is 5.43. The summed E-state index contributed by atoms with van der Waals surface area (Å²) in [6.45, 7) is 10.2. The van der Waals surface area contributed by atoms with Gasteiger partial charge in [0.1, 0.15) is 5.69 Å². The molecule has 0 bridgehead atoms. The second-order valence-corrected chi connectivity index (χ2v) is 7.21. The lowest BCUT2D eigenvalue weighted by atomic mass is 10.1. The topological polar surface area (TPSA) is 39.3 Å². The number of fused-ring (bicyclic) bond motifs is 2. The van der Waals surface area contributed by atoms with Gasteiger partial charge in [-0.1, -0.05) is 11.6 Å². The molecule has 3 heterocycles. The smallest absolute Gasteiger partial charge is 0.270 e. The maximum Gasteiger partial charge on any atom is 0.270 e. The number of aromatic amines is 1. The molecule has 0 radical (unpaired) electrons. The van der Waals surface area contributed by atoms with Gasteiger partial charge in [0, 0.05) is 36.6 Å². The van der Waals surface area contributed by atoms with E-state index in [1.54, 1.807) is 0 Å². The molecule has 2 aliphatic heterocycles. The van der Waals surface area contributed by atoms with E-state index in [0.717, 1.165) is 36.4 Å². The van der Waals surface area contributed by atoms with E-state index in [4.69, 9.17) is 0 Å². The average Bonchev–Trinajstić information content (AvgIpc) is 3.11. The molecule has 4 rings (SSSR count). The van der Waals surface area contributed by atoms with Gasteiger partial charge in [0.15, 0.2) is 0 Å². The molecule has 23 heavy (non-hydrogen) atoms. The Kier molecular flexibility index (Phi) is 3.45. The fourth-order valence-corrected chi connectivity index (χ4v) is 4.33. The number of carbonyl (C=O) groups excluding carboxylic acids is 1. The molecule has 1 unspecified atom stereocenters. The highest BCUT2D eigenvalue weighted by atomic mass is 16.2. The summed E-state index contributed by atoms with van der Waals surface area (Å²) >= 11 is 0. The van der Waals surface area contributed by atoms with Crippen molar-refractivity contribution in [3.8, 4) is 0 Å². The maximum absolute atomic E-state index is 13.1. The summed E-state index contributed by atoms with van der Waals surface area (Å²) in [5.74, 6) is 0.169. The quantitative estimate of drug-likeness (QED) is 0.879. The van der Waals surface area contributed by atoms with Crippen LogP contribution in [0.3, 0.4) is 0 Å². The van der Waals surface area contributed by atoms with Crippen molar-refractivity contribution >= 4 is 16.8 Å². The van der Waals surface area contributed by atoms with E-state index in [0.29, 0.717) is 6.04 Å². The summed E-state index contributed by atoms with van der Waals surface area (Å²) in [5, 5.41) is 1.19. The van der Waals surface area contributed by atoms with Gasteiger partial charge in [-0.15, -0.1) is 0 Å². The fourth-order valence-electron chi connectivity index (χ4n) is 4.33. The minimum Gasteiger partial charge on any atom is -0.350 e. The predicted molar refractivity (Wildman–Crippen MR) is 93.0 cm³/mol. The molecule has 122 valence electrons. The van der Waals surface area contributed by atoms with Gasteiger partial charge in [-0.2, -0.15) is 0 Å². The van der Waals surface area contributed by atoms with Gasteiger partial charge in [0.25, 0.3) is 5.91 Å². The first-order chi connectivity index (χ1) is 11.0. The van der Waals surface area contributed by atoms with Crippen LogP contribution in [0.25, 0.3) is 10.9 Å². The lowest BCUT2D eigenvalue weighted by Crippen LogP contribution is -2.52. The first-order valence-electron chi connectivity index (χ1n) is 8.67. The average molecular weight is 311 g/mol. The van der Waals surface area contributed by atoms with Crippen LogP contribution in [0.2, 0.25) is 0 Å². The van der Waals surface area contributed by atoms with Gasteiger partial charge in [-0.3, -0.25) is 9.69 Å². The van der Waals surface area contributed by atoms with E-state index in [2.05, 4.69) is 42.8 Å². The Hall–Kier alpha value is -1.81. The van der Waals surface area contributed by atoms with E-state index in [-0.39, 0.29) is 5.91 Å². The van der Waals surface area contributed by atoms with Gasteiger partial charge in [0.2, 0.25) is 0 Å². The van der Waals surface area contributed by atoms with Crippen LogP contribution in [0, 0.1) is 20.8 Å². The minimum absolute atomic E-state index is 0.169. The lowest BCUT2D eigenvalue weighted by molar-refractivity contribution is 0.0566. The Morgan fingerprint density at radius 2 is 2.00 bits per heavy atom. The number of amides is 1. The number of nitrogens with one attached hydrogen (secondary N) is 1. The van der Waals surface area contributed by atoms with Crippen molar-refractivity contribution in [3.05, 3.63) is 34.5 Å². The standard InChI is InChI=1S/C19H25N3O/c1-12-9-13(2)17-16(10-12)14(3)18(20-17)19(23)22-8-7-21-6-4-5-15(21)11-22/h9-10,15,20H,4-8,11H2,1-3H3. The second kappa shape index (κ2) is 5.38. The third kappa shape index (κ3) is 2.36. The molecule has 4 nitrogen and oxygen atoms in total. The molecule has 1 N–H and O–H groups in total. The van der Waals surface area contributed by atoms with Crippen LogP contribution in [0.15, 0.2) is 12.1 Å². The summed E-state index contributed by atoms with van der Waals surface area (Å²) in [6, 6.07) is 4.92. The first-order valence-corrected chi connectivity index (χ1v) is 8.67. The Labute approximate surface area is 137 Å². The third-order valence-corrected chi connectivity index (χ3v) is 5.60. The number of piperazine rings is 1. The number of aromatic nitrogens is 1. The molecule has 2 saturated heterocycles. The van der Waals surface area contributed by atoms with Crippen molar-refractivity contribution in [1.29, 1.82) is 0 Å². The van der Waals surface area contributed by atoms with E-state index in [9.17, 15) is 4.79 Å². The largest absolute Gasteiger partial charge is 0.350 e. The number of nitrogens with zero attached hydrogens (tertiary/aromatic N) is 2. The van der Waals surface area contributed by atoms with Crippen molar-refractivity contribution in [2.24, 2.45) is 0 Å². The highest BCUT2D eigenvalue weighted by Crippen LogP contribution is 2.28. The zero-order chi connectivity index (χ0) is 16.1. The second-order valence-electron chi connectivity index (χ2n) is 7.21. The number of H-pyrrole nitrogens is 1. The fraction of sp³-hybridized carbons (Fsp3) is 0.526. The Morgan fingerprint density at radius 3 is 2.83 bits per heavy atom. The minimum atomic E-state index is 0.169. The molecular weight excluding hydrogens is 286 g/mol. The molecule has 1 atom stereocenters. The summed E-state index contributed by atoms with van der Waals surface area (Å²) in [4.78, 5) is 21.0. The van der Waals surface area contributed by atoms with Crippen LogP contribution in [-0.2, 0) is 0 Å². The zero-order valence-electron chi connectivity index (χ0n) is 14.3. The number of rotatable bonds is 1. The number of carbonyl (C=O) groups is 1. The number of hydrogen-bond donors (Lipinski definition) is 1. The normalized spacial score (nSPS) is 21.9. The number of benzene rings is 1. The van der Waals surface area contributed by atoms with Crippen molar-refractivity contribution in [3.63, 3.8) is 0 Å². The van der Waals surface area contributed by atoms with E-state index < -0.39 is 0 Å². The summed E-state index contributed by atoms with van der Waals surface area (Å²) in [6.07, 6.45) is 2.50. The van der Waals surface area contributed by atoms with Crippen LogP contribution in [-0.4, -0.2) is 52.9 Å². The van der Waals surface area contributed by atoms with Crippen molar-refractivity contribution in [2.75, 3.05) is 26.2 Å². The van der Waals surface area contributed by atoms with Crippen molar-refractivity contribution in [2.45, 2.75) is 39.7 Å². The van der Waals surface area contributed by atoms with E-state index >= 15 is 0 Å². The van der Waals surface area contributed by atoms with Gasteiger partial charge in [-0.25, -0.2) is 0 Å². The molecule has 2 aromatic rings. The molecule has 2 aliphatic rings. The van der Waals surface area contributed by atoms with Crippen LogP contribution >= 0.6 is 0 Å². The van der Waals surface area contributed by atoms with Crippen LogP contribution in [0.4, 0.5) is 0 Å². The molecule has 0 aliphatic carbocycles. The van der Waals surface area contributed by atoms with Crippen LogP contribution < -0.4 is 0 Å². The summed E-state index contributed by atoms with van der Waals surface area (Å²) in [7, 11) is 0. The Bertz CT molecular complexity index is 777. The van der Waals surface area contributed by atoms with E-state index in [1.165, 1.54) is 35.9 Å². The highest BCUT2D eigenvalue weighted by Gasteiger charge is 2.33. The first kappa shape index (κ1) is 14.8. The molecule has 4 heteroatoms. The van der Waals surface area contributed by atoms with Gasteiger partial charge >= 0.3 is 0 Å². The van der Waals surface area contributed by atoms with Gasteiger partial charge in [-0.05, 0) is 57.4 Å². The molecule has 1 aromatic carbocycles. The number of hydrogen-bond acceptors (Lipinski definition) is 2. The SMILES string of the molecule is Cc1cc(C)c2[nH]c(C(=O)N3CCN4CCCC4C3)c(C)c2c1. The van der Waals surface area contributed by atoms with Crippen molar-refractivity contribution in [1.82, 2.24) is 14.8 Å². The van der Waals surface area contributed by atoms with Crippen LogP contribution in [0.5, 0.6) is 0 Å². The monoisotopic (exact) mass is 311 g/mol. The predicted octanol–water partition coefficient (Wildman–Crippen LogP) is 3.01. The third-order valence-electron chi connectivity index (χ3n) is 5.60. The molecule has 1 aromatic heterocycles. The molecule has 0 spiro atoms. The lowest BCUT2D eigenvalue weighted by Gasteiger charge is -2.37. The molecule has 0 saturated carbocycles. The molecule has 2 fully saturated rings. The van der Waals surface area contributed by atoms with E-state index in [1.807, 2.05) is 4.90 Å². The summed E-state index contributed by atoms with van der Waals surface area (Å²) < 4.78 is 0. The van der Waals surface area contributed by atoms with Crippen LogP contribution in [0.1, 0.15) is 40.0 Å². The highest BCUT2D eigenvalue weighted by molar-refractivity contribution is 6.01. The zero-order valence-corrected chi connectivity index (χ0v) is 14.3.